The fourth-order valence-electron chi connectivity index (χ4n) is 1.84. The van der Waals surface area contributed by atoms with Gasteiger partial charge in [0.15, 0.2) is 0 Å². The summed E-state index contributed by atoms with van der Waals surface area (Å²) >= 11 is 0. The number of benzene rings is 1. The van der Waals surface area contributed by atoms with Crippen LogP contribution in [0.1, 0.15) is 38.7 Å². The molecule has 1 aromatic rings. The third-order valence-corrected chi connectivity index (χ3v) is 2.63. The number of rotatable bonds is 4. The lowest BCUT2D eigenvalue weighted by molar-refractivity contribution is 0.150. The lowest BCUT2D eigenvalue weighted by Crippen LogP contribution is -2.16. The molecule has 84 valence electrons. The first-order valence-corrected chi connectivity index (χ1v) is 5.47. The maximum absolute atomic E-state index is 9.72. The van der Waals surface area contributed by atoms with Crippen molar-refractivity contribution in [3.05, 3.63) is 29.8 Å². The van der Waals surface area contributed by atoms with Gasteiger partial charge in [0.2, 0.25) is 0 Å². The summed E-state index contributed by atoms with van der Waals surface area (Å²) in [5.74, 6) is 0.983. The Hall–Kier alpha value is -1.02. The van der Waals surface area contributed by atoms with Crippen LogP contribution in [0.25, 0.3) is 0 Å². The van der Waals surface area contributed by atoms with Gasteiger partial charge in [-0.2, -0.15) is 0 Å². The van der Waals surface area contributed by atoms with Crippen LogP contribution in [-0.4, -0.2) is 16.3 Å². The Bertz CT molecular complexity index is 288. The Balaban J connectivity index is 2.84. The Morgan fingerprint density at radius 1 is 1.07 bits per heavy atom. The monoisotopic (exact) mass is 208 g/mol. The number of aliphatic hydroxyl groups is 1. The summed E-state index contributed by atoms with van der Waals surface area (Å²) in [6, 6.07) is 7.11. The van der Waals surface area contributed by atoms with E-state index >= 15 is 0 Å². The molecule has 0 saturated carbocycles. The van der Waals surface area contributed by atoms with Crippen LogP contribution in [0.3, 0.4) is 0 Å². The van der Waals surface area contributed by atoms with Crippen LogP contribution in [0, 0.1) is 5.92 Å². The van der Waals surface area contributed by atoms with Crippen LogP contribution in [0.2, 0.25) is 0 Å². The van der Waals surface area contributed by atoms with E-state index in [2.05, 4.69) is 13.8 Å². The Morgan fingerprint density at radius 3 is 2.00 bits per heavy atom. The average Bonchev–Trinajstić information content (AvgIpc) is 2.15. The quantitative estimate of drug-likeness (QED) is 0.798. The molecule has 0 aliphatic heterocycles. The molecule has 2 atom stereocenters. The van der Waals surface area contributed by atoms with E-state index in [1.807, 2.05) is 19.1 Å². The van der Waals surface area contributed by atoms with Gasteiger partial charge in [0, 0.05) is 5.92 Å². The van der Waals surface area contributed by atoms with Crippen molar-refractivity contribution in [2.24, 2.45) is 5.92 Å². The predicted molar refractivity (Wildman–Crippen MR) is 62.0 cm³/mol. The van der Waals surface area contributed by atoms with Crippen molar-refractivity contribution in [2.45, 2.75) is 39.2 Å². The fourth-order valence-corrected chi connectivity index (χ4v) is 1.84. The Morgan fingerprint density at radius 2 is 1.60 bits per heavy atom. The van der Waals surface area contributed by atoms with E-state index in [9.17, 15) is 10.2 Å². The lowest BCUT2D eigenvalue weighted by Gasteiger charge is -2.22. The van der Waals surface area contributed by atoms with Gasteiger partial charge in [-0.1, -0.05) is 26.0 Å². The molecule has 2 nitrogen and oxygen atoms in total. The van der Waals surface area contributed by atoms with Gasteiger partial charge in [0.25, 0.3) is 0 Å². The number of aliphatic hydroxyl groups excluding tert-OH is 1. The highest BCUT2D eigenvalue weighted by Gasteiger charge is 2.18. The van der Waals surface area contributed by atoms with Crippen LogP contribution >= 0.6 is 0 Å². The predicted octanol–water partition coefficient (Wildman–Crippen LogP) is 2.90. The van der Waals surface area contributed by atoms with E-state index < -0.39 is 0 Å². The summed E-state index contributed by atoms with van der Waals surface area (Å²) in [5.41, 5.74) is 1.09. The molecule has 0 amide bonds. The van der Waals surface area contributed by atoms with Gasteiger partial charge < -0.3 is 10.2 Å². The second-order valence-electron chi connectivity index (χ2n) is 4.57. The number of hydrogen-bond donors (Lipinski definition) is 2. The lowest BCUT2D eigenvalue weighted by atomic mass is 9.86. The minimum atomic E-state index is -0.350. The van der Waals surface area contributed by atoms with Crippen LogP contribution in [0.15, 0.2) is 24.3 Å². The molecular weight excluding hydrogens is 188 g/mol. The molecule has 0 bridgehead atoms. The first-order valence-electron chi connectivity index (χ1n) is 5.47. The standard InChI is InChI=1S/C13H20O2/c1-9(2)8-13(10(3)14)11-4-6-12(15)7-5-11/h4-7,9-10,13-15H,8H2,1-3H3. The number of phenols is 1. The summed E-state index contributed by atoms with van der Waals surface area (Å²) < 4.78 is 0. The molecule has 0 saturated heterocycles. The molecule has 0 radical (unpaired) electrons. The SMILES string of the molecule is CC(C)CC(c1ccc(O)cc1)C(C)O. The fraction of sp³-hybridized carbons (Fsp3) is 0.538. The van der Waals surface area contributed by atoms with Crippen molar-refractivity contribution in [2.75, 3.05) is 0 Å². The molecule has 2 unspecified atom stereocenters. The molecule has 0 heterocycles. The van der Waals surface area contributed by atoms with E-state index in [4.69, 9.17) is 0 Å². The minimum Gasteiger partial charge on any atom is -0.508 e. The van der Waals surface area contributed by atoms with Crippen LogP contribution in [0.4, 0.5) is 0 Å². The normalized spacial score (nSPS) is 15.3. The number of phenolic OH excluding ortho intramolecular Hbond substituents is 1. The molecule has 0 fully saturated rings. The van der Waals surface area contributed by atoms with Crippen molar-refractivity contribution in [3.63, 3.8) is 0 Å². The zero-order valence-corrected chi connectivity index (χ0v) is 9.64. The molecule has 0 spiro atoms. The summed E-state index contributed by atoms with van der Waals surface area (Å²) in [5, 5.41) is 18.9. The molecule has 0 aliphatic carbocycles. The van der Waals surface area contributed by atoms with E-state index in [1.165, 1.54) is 0 Å². The van der Waals surface area contributed by atoms with Crippen LogP contribution < -0.4 is 0 Å². The molecule has 0 aromatic heterocycles. The van der Waals surface area contributed by atoms with Crippen molar-refractivity contribution >= 4 is 0 Å². The molecule has 1 aromatic carbocycles. The maximum atomic E-state index is 9.72. The first kappa shape index (κ1) is 12.1. The summed E-state index contributed by atoms with van der Waals surface area (Å²) in [6.07, 6.45) is 0.611. The van der Waals surface area contributed by atoms with Crippen molar-refractivity contribution in [3.8, 4) is 5.75 Å². The highest BCUT2D eigenvalue weighted by atomic mass is 16.3. The topological polar surface area (TPSA) is 40.5 Å². The van der Waals surface area contributed by atoms with E-state index in [1.54, 1.807) is 12.1 Å². The van der Waals surface area contributed by atoms with Gasteiger partial charge in [-0.05, 0) is 37.0 Å². The third-order valence-electron chi connectivity index (χ3n) is 2.63. The van der Waals surface area contributed by atoms with Crippen molar-refractivity contribution < 1.29 is 10.2 Å². The van der Waals surface area contributed by atoms with Crippen LogP contribution in [-0.2, 0) is 0 Å². The molecule has 1 rings (SSSR count). The van der Waals surface area contributed by atoms with Crippen LogP contribution in [0.5, 0.6) is 5.75 Å². The highest BCUT2D eigenvalue weighted by molar-refractivity contribution is 5.28. The zero-order chi connectivity index (χ0) is 11.4. The van der Waals surface area contributed by atoms with E-state index in [-0.39, 0.29) is 17.8 Å². The van der Waals surface area contributed by atoms with Gasteiger partial charge in [0.05, 0.1) is 6.10 Å². The molecule has 0 aliphatic rings. The zero-order valence-electron chi connectivity index (χ0n) is 9.64. The Kier molecular flexibility index (Phi) is 4.15. The summed E-state index contributed by atoms with van der Waals surface area (Å²) in [6.45, 7) is 6.12. The average molecular weight is 208 g/mol. The van der Waals surface area contributed by atoms with E-state index in [0.717, 1.165) is 12.0 Å². The maximum Gasteiger partial charge on any atom is 0.115 e. The van der Waals surface area contributed by atoms with Crippen molar-refractivity contribution in [1.29, 1.82) is 0 Å². The Labute approximate surface area is 91.6 Å². The van der Waals surface area contributed by atoms with Gasteiger partial charge in [0.1, 0.15) is 5.75 Å². The van der Waals surface area contributed by atoms with E-state index in [0.29, 0.717) is 5.92 Å². The molecule has 15 heavy (non-hydrogen) atoms. The van der Waals surface area contributed by atoms with Gasteiger partial charge in [-0.25, -0.2) is 0 Å². The second-order valence-corrected chi connectivity index (χ2v) is 4.57. The largest absolute Gasteiger partial charge is 0.508 e. The number of aromatic hydroxyl groups is 1. The first-order chi connectivity index (χ1) is 7.00. The third kappa shape index (κ3) is 3.56. The van der Waals surface area contributed by atoms with Gasteiger partial charge >= 0.3 is 0 Å². The highest BCUT2D eigenvalue weighted by Crippen LogP contribution is 2.28. The number of hydrogen-bond acceptors (Lipinski definition) is 2. The van der Waals surface area contributed by atoms with Gasteiger partial charge in [-0.3, -0.25) is 0 Å². The summed E-state index contributed by atoms with van der Waals surface area (Å²) in [4.78, 5) is 0. The smallest absolute Gasteiger partial charge is 0.115 e. The second kappa shape index (κ2) is 5.17. The minimum absolute atomic E-state index is 0.158. The molecular formula is C13H20O2. The van der Waals surface area contributed by atoms with Gasteiger partial charge in [-0.15, -0.1) is 0 Å². The molecule has 2 N–H and O–H groups in total. The molecule has 2 heteroatoms. The van der Waals surface area contributed by atoms with Crippen molar-refractivity contribution in [1.82, 2.24) is 0 Å². The summed E-state index contributed by atoms with van der Waals surface area (Å²) in [7, 11) is 0.